The quantitative estimate of drug-likeness (QED) is 0.893. The molecule has 1 aliphatic carbocycles. The van der Waals surface area contributed by atoms with Crippen molar-refractivity contribution in [3.63, 3.8) is 0 Å². The topological polar surface area (TPSA) is 64.7 Å². The Labute approximate surface area is 126 Å². The molecule has 4 nitrogen and oxygen atoms in total. The molecule has 0 amide bonds. The Hall–Kier alpha value is -0.810. The fourth-order valence-electron chi connectivity index (χ4n) is 2.99. The van der Waals surface area contributed by atoms with E-state index in [1.54, 1.807) is 14.2 Å². The lowest BCUT2D eigenvalue weighted by molar-refractivity contribution is -0.0908. The van der Waals surface area contributed by atoms with E-state index >= 15 is 0 Å². The number of ether oxygens (including phenoxy) is 2. The lowest BCUT2D eigenvalue weighted by Crippen LogP contribution is -2.45. The summed E-state index contributed by atoms with van der Waals surface area (Å²) in [5, 5.41) is 11.0. The van der Waals surface area contributed by atoms with Gasteiger partial charge in [-0.2, -0.15) is 0 Å². The van der Waals surface area contributed by atoms with E-state index in [-0.39, 0.29) is 24.4 Å². The lowest BCUT2D eigenvalue weighted by atomic mass is 9.70. The van der Waals surface area contributed by atoms with Crippen LogP contribution in [0.1, 0.15) is 24.8 Å². The second-order valence-corrected chi connectivity index (χ2v) is 5.22. The zero-order valence-electron chi connectivity index (χ0n) is 12.0. The van der Waals surface area contributed by atoms with E-state index in [0.29, 0.717) is 13.0 Å². The van der Waals surface area contributed by atoms with Gasteiger partial charge in [0.2, 0.25) is 0 Å². The van der Waals surface area contributed by atoms with Crippen molar-refractivity contribution >= 4 is 12.4 Å². The molecule has 0 bridgehead atoms. The molecule has 0 spiro atoms. The molecule has 1 aromatic carbocycles. The Balaban J connectivity index is 0.00000200. The molecule has 3 N–H and O–H groups in total. The number of aliphatic hydroxyl groups is 1. The highest BCUT2D eigenvalue weighted by Gasteiger charge is 2.42. The standard InChI is InChI=1S/C15H23NO3.ClH/c1-18-13-5-3-4-11(8-13)15(17)7-6-14(19-2)9-12(15)10-16;/h3-5,8,12,14,17H,6-7,9-10,16H2,1-2H3;1H. The average Bonchev–Trinajstić information content (AvgIpc) is 2.47. The summed E-state index contributed by atoms with van der Waals surface area (Å²) in [5.41, 5.74) is 5.87. The van der Waals surface area contributed by atoms with Crippen LogP contribution in [0.2, 0.25) is 0 Å². The molecule has 0 heterocycles. The maximum absolute atomic E-state index is 11.0. The van der Waals surface area contributed by atoms with Crippen LogP contribution in [0.4, 0.5) is 0 Å². The summed E-state index contributed by atoms with van der Waals surface area (Å²) in [4.78, 5) is 0. The van der Waals surface area contributed by atoms with Crippen molar-refractivity contribution in [1.82, 2.24) is 0 Å². The summed E-state index contributed by atoms with van der Waals surface area (Å²) >= 11 is 0. The number of nitrogens with two attached hydrogens (primary N) is 1. The summed E-state index contributed by atoms with van der Waals surface area (Å²) in [6.07, 6.45) is 2.50. The van der Waals surface area contributed by atoms with E-state index in [4.69, 9.17) is 15.2 Å². The molecular weight excluding hydrogens is 278 g/mol. The number of benzene rings is 1. The first-order valence-corrected chi connectivity index (χ1v) is 6.73. The summed E-state index contributed by atoms with van der Waals surface area (Å²) in [5.74, 6) is 0.772. The fourth-order valence-corrected chi connectivity index (χ4v) is 2.99. The fraction of sp³-hybridized carbons (Fsp3) is 0.600. The van der Waals surface area contributed by atoms with E-state index in [2.05, 4.69) is 0 Å². The zero-order valence-corrected chi connectivity index (χ0v) is 12.9. The molecule has 1 aliphatic rings. The highest BCUT2D eigenvalue weighted by Crippen LogP contribution is 2.42. The number of halogens is 1. The minimum absolute atomic E-state index is 0. The first kappa shape index (κ1) is 17.2. The van der Waals surface area contributed by atoms with Crippen LogP contribution in [0.25, 0.3) is 0 Å². The molecule has 0 saturated heterocycles. The van der Waals surface area contributed by atoms with Crippen molar-refractivity contribution in [2.75, 3.05) is 20.8 Å². The van der Waals surface area contributed by atoms with Gasteiger partial charge in [-0.1, -0.05) is 12.1 Å². The molecule has 1 fully saturated rings. The number of hydrogen-bond acceptors (Lipinski definition) is 4. The zero-order chi connectivity index (χ0) is 13.9. The third-order valence-electron chi connectivity index (χ3n) is 4.26. The smallest absolute Gasteiger partial charge is 0.119 e. The number of hydrogen-bond donors (Lipinski definition) is 2. The predicted molar refractivity (Wildman–Crippen MR) is 81.3 cm³/mol. The van der Waals surface area contributed by atoms with Crippen molar-refractivity contribution in [1.29, 1.82) is 0 Å². The van der Waals surface area contributed by atoms with Crippen LogP contribution in [0.3, 0.4) is 0 Å². The van der Waals surface area contributed by atoms with Crippen molar-refractivity contribution in [2.24, 2.45) is 11.7 Å². The molecule has 0 aliphatic heterocycles. The summed E-state index contributed by atoms with van der Waals surface area (Å²) in [6, 6.07) is 7.63. The third-order valence-corrected chi connectivity index (χ3v) is 4.26. The molecular formula is C15H24ClNO3. The first-order chi connectivity index (χ1) is 9.13. The molecule has 1 saturated carbocycles. The predicted octanol–water partition coefficient (Wildman–Crippen LogP) is 2.08. The van der Waals surface area contributed by atoms with Crippen molar-refractivity contribution in [2.45, 2.75) is 31.0 Å². The summed E-state index contributed by atoms with van der Waals surface area (Å²) < 4.78 is 10.6. The van der Waals surface area contributed by atoms with Crippen molar-refractivity contribution < 1.29 is 14.6 Å². The molecule has 5 heteroatoms. The molecule has 3 unspecified atom stereocenters. The summed E-state index contributed by atoms with van der Waals surface area (Å²) in [7, 11) is 3.35. The highest BCUT2D eigenvalue weighted by atomic mass is 35.5. The molecule has 114 valence electrons. The molecule has 0 aromatic heterocycles. The Kier molecular flexibility index (Phi) is 6.27. The van der Waals surface area contributed by atoms with Crippen LogP contribution in [0.5, 0.6) is 5.75 Å². The minimum atomic E-state index is -0.877. The van der Waals surface area contributed by atoms with Gasteiger partial charge in [0.1, 0.15) is 5.75 Å². The van der Waals surface area contributed by atoms with Crippen LogP contribution < -0.4 is 10.5 Å². The Bertz CT molecular complexity index is 429. The van der Waals surface area contributed by atoms with Crippen LogP contribution in [0.15, 0.2) is 24.3 Å². The van der Waals surface area contributed by atoms with Gasteiger partial charge in [-0.15, -0.1) is 12.4 Å². The number of rotatable bonds is 4. The maximum Gasteiger partial charge on any atom is 0.119 e. The van der Waals surface area contributed by atoms with Crippen LogP contribution in [-0.4, -0.2) is 32.0 Å². The van der Waals surface area contributed by atoms with Gasteiger partial charge in [0, 0.05) is 13.0 Å². The molecule has 2 rings (SSSR count). The van der Waals surface area contributed by atoms with Crippen LogP contribution >= 0.6 is 12.4 Å². The van der Waals surface area contributed by atoms with Gasteiger partial charge in [0.05, 0.1) is 18.8 Å². The van der Waals surface area contributed by atoms with Crippen molar-refractivity contribution in [3.8, 4) is 5.75 Å². The second kappa shape index (κ2) is 7.27. The van der Waals surface area contributed by atoms with Gasteiger partial charge in [-0.05, 0) is 43.5 Å². The van der Waals surface area contributed by atoms with Crippen LogP contribution in [-0.2, 0) is 10.3 Å². The van der Waals surface area contributed by atoms with E-state index in [1.807, 2.05) is 24.3 Å². The van der Waals surface area contributed by atoms with E-state index in [1.165, 1.54) is 0 Å². The van der Waals surface area contributed by atoms with Gasteiger partial charge in [0.15, 0.2) is 0 Å². The maximum atomic E-state index is 11.0. The van der Waals surface area contributed by atoms with Gasteiger partial charge >= 0.3 is 0 Å². The first-order valence-electron chi connectivity index (χ1n) is 6.73. The minimum Gasteiger partial charge on any atom is -0.497 e. The largest absolute Gasteiger partial charge is 0.497 e. The molecule has 1 aromatic rings. The molecule has 0 radical (unpaired) electrons. The van der Waals surface area contributed by atoms with Crippen molar-refractivity contribution in [3.05, 3.63) is 29.8 Å². The number of methoxy groups -OCH3 is 2. The Morgan fingerprint density at radius 3 is 2.75 bits per heavy atom. The monoisotopic (exact) mass is 301 g/mol. The third kappa shape index (κ3) is 3.26. The van der Waals surface area contributed by atoms with Gasteiger partial charge in [-0.25, -0.2) is 0 Å². The Morgan fingerprint density at radius 2 is 2.15 bits per heavy atom. The van der Waals surface area contributed by atoms with Gasteiger partial charge in [0.25, 0.3) is 0 Å². The van der Waals surface area contributed by atoms with Gasteiger partial charge < -0.3 is 20.3 Å². The van der Waals surface area contributed by atoms with Crippen LogP contribution in [0, 0.1) is 5.92 Å². The molecule has 20 heavy (non-hydrogen) atoms. The Morgan fingerprint density at radius 1 is 1.40 bits per heavy atom. The normalized spacial score (nSPS) is 29.6. The lowest BCUT2D eigenvalue weighted by Gasteiger charge is -2.42. The highest BCUT2D eigenvalue weighted by molar-refractivity contribution is 5.85. The average molecular weight is 302 g/mol. The SMILES string of the molecule is COc1cccc(C2(O)CCC(OC)CC2CN)c1.Cl. The summed E-state index contributed by atoms with van der Waals surface area (Å²) in [6.45, 7) is 0.452. The molecule has 3 atom stereocenters. The van der Waals surface area contributed by atoms with E-state index < -0.39 is 5.60 Å². The van der Waals surface area contributed by atoms with E-state index in [0.717, 1.165) is 24.2 Å². The second-order valence-electron chi connectivity index (χ2n) is 5.22. The van der Waals surface area contributed by atoms with E-state index in [9.17, 15) is 5.11 Å². The van der Waals surface area contributed by atoms with Gasteiger partial charge in [-0.3, -0.25) is 0 Å².